The molecule has 2 aliphatic heterocycles. The Kier molecular flexibility index (Phi) is 3.18. The highest BCUT2D eigenvalue weighted by atomic mass is 32.2. The molecule has 122 valence electrons. The molecule has 1 aromatic rings. The molecule has 6 nitrogen and oxygen atoms in total. The number of hydrogen-bond donors (Lipinski definition) is 1. The predicted molar refractivity (Wildman–Crippen MR) is 87.7 cm³/mol. The normalized spacial score (nSPS) is 26.0. The SMILES string of the molecule is CCN1CC(=O)NC2(CSC3=C2C(=O)c2ccccc2C3=O)C1=O. The fourth-order valence-corrected chi connectivity index (χ4v) is 4.85. The largest absolute Gasteiger partial charge is 0.336 e. The number of Topliss-reactive ketones (excluding diaryl/α,β-unsaturated/α-hetero) is 2. The Morgan fingerprint density at radius 3 is 2.46 bits per heavy atom. The number of carbonyl (C=O) groups is 4. The Balaban J connectivity index is 1.90. The Labute approximate surface area is 142 Å². The van der Waals surface area contributed by atoms with E-state index in [-0.39, 0.29) is 46.2 Å². The standard InChI is InChI=1S/C17H14N2O4S/c1-2-19-7-11(20)18-17(16(19)23)8-24-15-12(17)13(21)9-5-3-4-6-10(9)14(15)22/h3-6H,2,7-8H2,1H3,(H,18,20). The van der Waals surface area contributed by atoms with Crippen molar-refractivity contribution in [3.05, 3.63) is 45.9 Å². The highest BCUT2D eigenvalue weighted by Crippen LogP contribution is 2.46. The molecule has 1 N–H and O–H groups in total. The summed E-state index contributed by atoms with van der Waals surface area (Å²) in [4.78, 5) is 52.5. The van der Waals surface area contributed by atoms with Gasteiger partial charge in [-0.15, -0.1) is 11.8 Å². The summed E-state index contributed by atoms with van der Waals surface area (Å²) in [5, 5.41) is 2.70. The Bertz CT molecular complexity index is 860. The van der Waals surface area contributed by atoms with Gasteiger partial charge in [0.05, 0.1) is 17.0 Å². The van der Waals surface area contributed by atoms with Crippen LogP contribution in [0.25, 0.3) is 0 Å². The predicted octanol–water partition coefficient (Wildman–Crippen LogP) is 0.784. The average Bonchev–Trinajstić information content (AvgIpc) is 2.96. The van der Waals surface area contributed by atoms with E-state index in [9.17, 15) is 19.2 Å². The van der Waals surface area contributed by atoms with Crippen LogP contribution in [0.3, 0.4) is 0 Å². The molecular weight excluding hydrogens is 328 g/mol. The molecule has 0 bridgehead atoms. The van der Waals surface area contributed by atoms with Crippen molar-refractivity contribution in [1.82, 2.24) is 10.2 Å². The summed E-state index contributed by atoms with van der Waals surface area (Å²) < 4.78 is 0. The Morgan fingerprint density at radius 1 is 1.12 bits per heavy atom. The molecule has 1 aliphatic carbocycles. The fourth-order valence-electron chi connectivity index (χ4n) is 3.50. The lowest BCUT2D eigenvalue weighted by molar-refractivity contribution is -0.146. The van der Waals surface area contributed by atoms with Crippen molar-refractivity contribution < 1.29 is 19.2 Å². The lowest BCUT2D eigenvalue weighted by Crippen LogP contribution is -2.68. The van der Waals surface area contributed by atoms with Crippen LogP contribution in [0, 0.1) is 0 Å². The van der Waals surface area contributed by atoms with Crippen molar-refractivity contribution in [2.24, 2.45) is 0 Å². The van der Waals surface area contributed by atoms with Crippen molar-refractivity contribution in [2.75, 3.05) is 18.8 Å². The second-order valence-corrected chi connectivity index (χ2v) is 6.96. The van der Waals surface area contributed by atoms with Gasteiger partial charge in [-0.2, -0.15) is 0 Å². The monoisotopic (exact) mass is 342 g/mol. The molecule has 0 radical (unpaired) electrons. The number of nitrogens with one attached hydrogen (secondary N) is 1. The molecule has 3 aliphatic rings. The molecule has 0 saturated carbocycles. The third-order valence-corrected chi connectivity index (χ3v) is 5.91. The maximum absolute atomic E-state index is 13.0. The fraction of sp³-hybridized carbons (Fsp3) is 0.294. The maximum Gasteiger partial charge on any atom is 0.254 e. The lowest BCUT2D eigenvalue weighted by Gasteiger charge is -2.40. The molecule has 1 spiro atoms. The number of allylic oxidation sites excluding steroid dienone is 1. The summed E-state index contributed by atoms with van der Waals surface area (Å²) in [5.41, 5.74) is -0.648. The number of amides is 2. The number of rotatable bonds is 1. The summed E-state index contributed by atoms with van der Waals surface area (Å²) in [5.74, 6) is -1.06. The molecule has 1 fully saturated rings. The first-order valence-electron chi connectivity index (χ1n) is 7.66. The van der Waals surface area contributed by atoms with Gasteiger partial charge in [0, 0.05) is 23.4 Å². The number of likely N-dealkylation sites (N-methyl/N-ethyl adjacent to an activating group) is 1. The molecule has 1 aromatic carbocycles. The number of fused-ring (bicyclic) bond motifs is 2. The van der Waals surface area contributed by atoms with E-state index >= 15 is 0 Å². The first kappa shape index (κ1) is 15.1. The van der Waals surface area contributed by atoms with Crippen LogP contribution in [0.2, 0.25) is 0 Å². The van der Waals surface area contributed by atoms with Crippen LogP contribution in [0.1, 0.15) is 27.6 Å². The number of piperazine rings is 1. The minimum absolute atomic E-state index is 0.0247. The zero-order valence-electron chi connectivity index (χ0n) is 12.9. The van der Waals surface area contributed by atoms with Crippen LogP contribution in [0.4, 0.5) is 0 Å². The highest BCUT2D eigenvalue weighted by Gasteiger charge is 2.58. The molecule has 1 saturated heterocycles. The molecule has 1 unspecified atom stereocenters. The van der Waals surface area contributed by atoms with Crippen LogP contribution < -0.4 is 5.32 Å². The molecule has 1 atom stereocenters. The van der Waals surface area contributed by atoms with E-state index in [0.29, 0.717) is 17.7 Å². The summed E-state index contributed by atoms with van der Waals surface area (Å²) in [6.45, 7) is 2.13. The average molecular weight is 342 g/mol. The van der Waals surface area contributed by atoms with E-state index in [4.69, 9.17) is 0 Å². The number of thioether (sulfide) groups is 1. The second-order valence-electron chi connectivity index (χ2n) is 5.97. The maximum atomic E-state index is 13.0. The van der Waals surface area contributed by atoms with Gasteiger partial charge in [-0.1, -0.05) is 24.3 Å². The number of nitrogens with zero attached hydrogens (tertiary/aromatic N) is 1. The van der Waals surface area contributed by atoms with Gasteiger partial charge in [0.1, 0.15) is 0 Å². The molecule has 0 aromatic heterocycles. The highest BCUT2D eigenvalue weighted by molar-refractivity contribution is 8.04. The van der Waals surface area contributed by atoms with E-state index in [1.54, 1.807) is 31.2 Å². The lowest BCUT2D eigenvalue weighted by atomic mass is 9.78. The summed E-state index contributed by atoms with van der Waals surface area (Å²) in [6, 6.07) is 6.59. The van der Waals surface area contributed by atoms with Crippen LogP contribution in [-0.2, 0) is 9.59 Å². The molecule has 2 heterocycles. The second kappa shape index (κ2) is 5.04. The van der Waals surface area contributed by atoms with Crippen molar-refractivity contribution >= 4 is 35.1 Å². The number of ketones is 2. The van der Waals surface area contributed by atoms with Crippen molar-refractivity contribution in [3.8, 4) is 0 Å². The van der Waals surface area contributed by atoms with Crippen molar-refractivity contribution in [1.29, 1.82) is 0 Å². The van der Waals surface area contributed by atoms with Gasteiger partial charge in [-0.25, -0.2) is 0 Å². The Morgan fingerprint density at radius 2 is 1.79 bits per heavy atom. The first-order valence-corrected chi connectivity index (χ1v) is 8.64. The van der Waals surface area contributed by atoms with E-state index in [1.165, 1.54) is 16.7 Å². The Hall–Kier alpha value is -2.41. The van der Waals surface area contributed by atoms with Gasteiger partial charge in [-0.3, -0.25) is 19.2 Å². The van der Waals surface area contributed by atoms with E-state index in [2.05, 4.69) is 5.32 Å². The first-order chi connectivity index (χ1) is 11.5. The van der Waals surface area contributed by atoms with Gasteiger partial charge < -0.3 is 10.2 Å². The smallest absolute Gasteiger partial charge is 0.254 e. The van der Waals surface area contributed by atoms with Crippen molar-refractivity contribution in [3.63, 3.8) is 0 Å². The van der Waals surface area contributed by atoms with E-state index < -0.39 is 5.54 Å². The van der Waals surface area contributed by atoms with E-state index in [0.717, 1.165) is 0 Å². The number of carbonyl (C=O) groups excluding carboxylic acids is 4. The zero-order valence-corrected chi connectivity index (χ0v) is 13.7. The third-order valence-electron chi connectivity index (χ3n) is 4.66. The third kappa shape index (κ3) is 1.78. The van der Waals surface area contributed by atoms with Crippen LogP contribution in [0.5, 0.6) is 0 Å². The minimum atomic E-state index is -1.42. The van der Waals surface area contributed by atoms with Gasteiger partial charge in [0.2, 0.25) is 11.7 Å². The molecule has 2 amide bonds. The van der Waals surface area contributed by atoms with Crippen LogP contribution in [-0.4, -0.2) is 52.7 Å². The molecule has 7 heteroatoms. The van der Waals surface area contributed by atoms with Gasteiger partial charge in [0.15, 0.2) is 11.3 Å². The van der Waals surface area contributed by atoms with Crippen LogP contribution >= 0.6 is 11.8 Å². The molecule has 24 heavy (non-hydrogen) atoms. The van der Waals surface area contributed by atoms with Gasteiger partial charge in [0.25, 0.3) is 5.91 Å². The minimum Gasteiger partial charge on any atom is -0.336 e. The van der Waals surface area contributed by atoms with Gasteiger partial charge >= 0.3 is 0 Å². The number of hydrogen-bond acceptors (Lipinski definition) is 5. The topological polar surface area (TPSA) is 83.6 Å². The van der Waals surface area contributed by atoms with E-state index in [1.807, 2.05) is 0 Å². The molecular formula is C17H14N2O4S. The van der Waals surface area contributed by atoms with Crippen LogP contribution in [0.15, 0.2) is 34.7 Å². The van der Waals surface area contributed by atoms with Gasteiger partial charge in [-0.05, 0) is 6.92 Å². The van der Waals surface area contributed by atoms with Crippen molar-refractivity contribution in [2.45, 2.75) is 12.5 Å². The summed E-state index contributed by atoms with van der Waals surface area (Å²) in [6.07, 6.45) is 0. The summed E-state index contributed by atoms with van der Waals surface area (Å²) >= 11 is 1.17. The quantitative estimate of drug-likeness (QED) is 0.816. The molecule has 4 rings (SSSR count). The summed E-state index contributed by atoms with van der Waals surface area (Å²) in [7, 11) is 0. The zero-order chi connectivity index (χ0) is 17.1. The number of benzene rings is 1.